The molecule has 2 heterocycles. The van der Waals surface area contributed by atoms with Crippen LogP contribution in [0.3, 0.4) is 0 Å². The molecule has 0 saturated heterocycles. The molecule has 2 unspecified atom stereocenters. The number of hydrogen-bond donors (Lipinski definition) is 1. The molecule has 0 radical (unpaired) electrons. The molecule has 1 saturated carbocycles. The van der Waals surface area contributed by atoms with Gasteiger partial charge < -0.3 is 5.32 Å². The maximum Gasteiger partial charge on any atom is 0.261 e. The molecule has 5 nitrogen and oxygen atoms in total. The maximum atomic E-state index is 13.0. The molecule has 2 atom stereocenters. The number of sulfone groups is 1. The zero-order chi connectivity index (χ0) is 21.1. The Morgan fingerprint density at radius 1 is 1.20 bits per heavy atom. The first-order chi connectivity index (χ1) is 14.5. The quantitative estimate of drug-likeness (QED) is 0.585. The number of rotatable bonds is 6. The number of pyridine rings is 1. The minimum absolute atomic E-state index is 0.138. The topological polar surface area (TPSA) is 76.1 Å². The van der Waals surface area contributed by atoms with Crippen molar-refractivity contribution in [3.05, 3.63) is 59.2 Å². The van der Waals surface area contributed by atoms with Crippen LogP contribution in [0.25, 0.3) is 10.1 Å². The van der Waals surface area contributed by atoms with Crippen LogP contribution in [0, 0.1) is 5.92 Å². The van der Waals surface area contributed by atoms with Gasteiger partial charge in [0.25, 0.3) is 5.91 Å². The Morgan fingerprint density at radius 2 is 2.00 bits per heavy atom. The number of nitrogens with one attached hydrogen (secondary N) is 1. The van der Waals surface area contributed by atoms with Crippen LogP contribution in [0.15, 0.2) is 53.7 Å². The highest BCUT2D eigenvalue weighted by molar-refractivity contribution is 7.92. The molecule has 1 amide bonds. The molecule has 4 rings (SSSR count). The van der Waals surface area contributed by atoms with Gasteiger partial charge in [-0.25, -0.2) is 8.42 Å². The van der Waals surface area contributed by atoms with Gasteiger partial charge in [0.15, 0.2) is 9.84 Å². The number of nitrogens with zero attached hydrogens (tertiary/aromatic N) is 1. The number of amides is 1. The summed E-state index contributed by atoms with van der Waals surface area (Å²) in [6, 6.07) is 10.7. The highest BCUT2D eigenvalue weighted by Gasteiger charge is 2.32. The van der Waals surface area contributed by atoms with Gasteiger partial charge in [0.1, 0.15) is 0 Å². The van der Waals surface area contributed by atoms with Gasteiger partial charge in [-0.2, -0.15) is 0 Å². The van der Waals surface area contributed by atoms with Gasteiger partial charge in [-0.05, 0) is 54.0 Å². The van der Waals surface area contributed by atoms with Crippen LogP contribution >= 0.6 is 11.3 Å². The Hall–Kier alpha value is -2.25. The van der Waals surface area contributed by atoms with Crippen LogP contribution in [0.5, 0.6) is 0 Å². The standard InChI is InChI=1S/C23H26N2O3S2/c1-2-16-4-3-5-20(12-16)30(27,28)19-8-6-17(7-9-19)14-25-23(26)21-13-18-10-11-24-15-22(18)29-21/h6-11,13,15-16,20H,2-5,12,14H2,1H3,(H,25,26). The summed E-state index contributed by atoms with van der Waals surface area (Å²) in [5.41, 5.74) is 0.875. The maximum absolute atomic E-state index is 13.0. The largest absolute Gasteiger partial charge is 0.347 e. The fraction of sp³-hybridized carbons (Fsp3) is 0.391. The summed E-state index contributed by atoms with van der Waals surface area (Å²) >= 11 is 1.41. The Bertz CT molecular complexity index is 1100. The van der Waals surface area contributed by atoms with Gasteiger partial charge in [-0.15, -0.1) is 11.3 Å². The molecule has 158 valence electrons. The lowest BCUT2D eigenvalue weighted by Crippen LogP contribution is -2.28. The van der Waals surface area contributed by atoms with Crippen LogP contribution in [0.4, 0.5) is 0 Å². The predicted octanol–water partition coefficient (Wildman–Crippen LogP) is 4.97. The third-order valence-corrected chi connectivity index (χ3v) is 9.32. The van der Waals surface area contributed by atoms with Crippen LogP contribution in [-0.4, -0.2) is 24.6 Å². The van der Waals surface area contributed by atoms with Gasteiger partial charge in [0.05, 0.1) is 19.7 Å². The normalized spacial score (nSPS) is 19.6. The fourth-order valence-electron chi connectivity index (χ4n) is 4.15. The molecule has 1 N–H and O–H groups in total. The Morgan fingerprint density at radius 3 is 2.73 bits per heavy atom. The summed E-state index contributed by atoms with van der Waals surface area (Å²) < 4.78 is 27.0. The molecular weight excluding hydrogens is 416 g/mol. The van der Waals surface area contributed by atoms with E-state index in [0.29, 0.717) is 22.2 Å². The zero-order valence-electron chi connectivity index (χ0n) is 17.0. The molecular formula is C23H26N2O3S2. The smallest absolute Gasteiger partial charge is 0.261 e. The molecule has 1 aliphatic carbocycles. The van der Waals surface area contributed by atoms with E-state index in [9.17, 15) is 13.2 Å². The van der Waals surface area contributed by atoms with E-state index in [1.54, 1.807) is 36.7 Å². The number of thiophene rings is 1. The molecule has 7 heteroatoms. The summed E-state index contributed by atoms with van der Waals surface area (Å²) in [6.07, 6.45) is 8.15. The molecule has 2 aromatic heterocycles. The number of benzene rings is 1. The van der Waals surface area contributed by atoms with Crippen LogP contribution < -0.4 is 5.32 Å². The average Bonchev–Trinajstić information content (AvgIpc) is 3.22. The molecule has 30 heavy (non-hydrogen) atoms. The van der Waals surface area contributed by atoms with E-state index in [2.05, 4.69) is 17.2 Å². The third-order valence-electron chi connectivity index (χ3n) is 6.00. The van der Waals surface area contributed by atoms with E-state index in [4.69, 9.17) is 0 Å². The van der Waals surface area contributed by atoms with E-state index < -0.39 is 9.84 Å². The minimum atomic E-state index is -3.30. The van der Waals surface area contributed by atoms with E-state index in [1.165, 1.54) is 11.3 Å². The predicted molar refractivity (Wildman–Crippen MR) is 120 cm³/mol. The van der Waals surface area contributed by atoms with Gasteiger partial charge in [0, 0.05) is 18.9 Å². The molecule has 1 aromatic carbocycles. The van der Waals surface area contributed by atoms with Crippen molar-refractivity contribution in [1.82, 2.24) is 10.3 Å². The Labute approximate surface area is 181 Å². The van der Waals surface area contributed by atoms with Crippen molar-refractivity contribution in [1.29, 1.82) is 0 Å². The van der Waals surface area contributed by atoms with Crippen molar-refractivity contribution in [2.75, 3.05) is 0 Å². The number of aromatic nitrogens is 1. The second-order valence-corrected chi connectivity index (χ2v) is 11.3. The third kappa shape index (κ3) is 4.42. The molecule has 0 aliphatic heterocycles. The lowest BCUT2D eigenvalue weighted by atomic mass is 9.87. The lowest BCUT2D eigenvalue weighted by molar-refractivity contribution is 0.0955. The van der Waals surface area contributed by atoms with Crippen LogP contribution in [-0.2, 0) is 16.4 Å². The number of fused-ring (bicyclic) bond motifs is 1. The van der Waals surface area contributed by atoms with Gasteiger partial charge >= 0.3 is 0 Å². The second-order valence-electron chi connectivity index (χ2n) is 7.96. The molecule has 1 fully saturated rings. The van der Waals surface area contributed by atoms with Gasteiger partial charge in [-0.3, -0.25) is 9.78 Å². The summed E-state index contributed by atoms with van der Waals surface area (Å²) in [4.78, 5) is 17.6. The van der Waals surface area contributed by atoms with Gasteiger partial charge in [0.2, 0.25) is 0 Å². The van der Waals surface area contributed by atoms with E-state index >= 15 is 0 Å². The van der Waals surface area contributed by atoms with Crippen LogP contribution in [0.2, 0.25) is 0 Å². The fourth-order valence-corrected chi connectivity index (χ4v) is 7.00. The van der Waals surface area contributed by atoms with E-state index in [0.717, 1.165) is 47.8 Å². The van der Waals surface area contributed by atoms with E-state index in [-0.39, 0.29) is 11.2 Å². The first kappa shape index (κ1) is 21.0. The SMILES string of the molecule is CCC1CCCC(S(=O)(=O)c2ccc(CNC(=O)c3cc4ccncc4s3)cc2)C1. The second kappa shape index (κ2) is 8.86. The summed E-state index contributed by atoms with van der Waals surface area (Å²) in [5.74, 6) is 0.374. The summed E-state index contributed by atoms with van der Waals surface area (Å²) in [7, 11) is -3.30. The average molecular weight is 443 g/mol. The zero-order valence-corrected chi connectivity index (χ0v) is 18.6. The van der Waals surface area contributed by atoms with Crippen molar-refractivity contribution in [2.24, 2.45) is 5.92 Å². The first-order valence-corrected chi connectivity index (χ1v) is 12.8. The van der Waals surface area contributed by atoms with Crippen molar-refractivity contribution in [3.63, 3.8) is 0 Å². The Kier molecular flexibility index (Phi) is 6.20. The molecule has 1 aliphatic rings. The number of carbonyl (C=O) groups is 1. The number of carbonyl (C=O) groups excluding carboxylic acids is 1. The van der Waals surface area contributed by atoms with Crippen molar-refractivity contribution < 1.29 is 13.2 Å². The summed E-state index contributed by atoms with van der Waals surface area (Å²) in [5, 5.41) is 3.64. The van der Waals surface area contributed by atoms with Crippen LogP contribution in [0.1, 0.15) is 54.3 Å². The summed E-state index contributed by atoms with van der Waals surface area (Å²) in [6.45, 7) is 2.49. The lowest BCUT2D eigenvalue weighted by Gasteiger charge is -2.28. The monoisotopic (exact) mass is 442 g/mol. The molecule has 0 spiro atoms. The highest BCUT2D eigenvalue weighted by Crippen LogP contribution is 2.33. The number of hydrogen-bond acceptors (Lipinski definition) is 5. The van der Waals surface area contributed by atoms with Crippen molar-refractivity contribution >= 4 is 37.2 Å². The Balaban J connectivity index is 1.40. The van der Waals surface area contributed by atoms with E-state index in [1.807, 2.05) is 12.1 Å². The van der Waals surface area contributed by atoms with Crippen molar-refractivity contribution in [2.45, 2.75) is 55.7 Å². The molecule has 3 aromatic rings. The molecule has 0 bridgehead atoms. The van der Waals surface area contributed by atoms with Gasteiger partial charge in [-0.1, -0.05) is 38.3 Å². The van der Waals surface area contributed by atoms with Crippen molar-refractivity contribution in [3.8, 4) is 0 Å². The highest BCUT2D eigenvalue weighted by atomic mass is 32.2. The minimum Gasteiger partial charge on any atom is -0.347 e. The first-order valence-electron chi connectivity index (χ1n) is 10.4.